The van der Waals surface area contributed by atoms with Gasteiger partial charge in [0.15, 0.2) is 0 Å². The van der Waals surface area contributed by atoms with Crippen molar-refractivity contribution in [3.05, 3.63) is 59.2 Å². The fourth-order valence-corrected chi connectivity index (χ4v) is 4.01. The van der Waals surface area contributed by atoms with E-state index < -0.39 is 16.0 Å². The molecule has 2 aromatic rings. The van der Waals surface area contributed by atoms with E-state index in [4.69, 9.17) is 0 Å². The Bertz CT molecular complexity index is 985. The summed E-state index contributed by atoms with van der Waals surface area (Å²) in [5, 5.41) is 11.9. The Morgan fingerprint density at radius 2 is 1.92 bits per heavy atom. The van der Waals surface area contributed by atoms with Crippen LogP contribution in [-0.4, -0.2) is 38.2 Å². The minimum atomic E-state index is -3.32. The number of anilines is 2. The molecule has 7 nitrogen and oxygen atoms in total. The number of carbonyl (C=O) groups is 2. The number of rotatable bonds is 5. The first-order valence-electron chi connectivity index (χ1n) is 7.97. The average molecular weight is 374 g/mol. The van der Waals surface area contributed by atoms with Crippen molar-refractivity contribution in [2.24, 2.45) is 0 Å². The van der Waals surface area contributed by atoms with E-state index in [0.29, 0.717) is 29.9 Å². The Hall–Kier alpha value is -2.87. The van der Waals surface area contributed by atoms with Gasteiger partial charge in [-0.15, -0.1) is 0 Å². The van der Waals surface area contributed by atoms with Gasteiger partial charge in [0.25, 0.3) is 0 Å². The summed E-state index contributed by atoms with van der Waals surface area (Å²) in [7, 11) is -3.32. The van der Waals surface area contributed by atoms with Crippen molar-refractivity contribution in [3.8, 4) is 0 Å². The number of carboxylic acid groups (broad SMARTS) is 1. The molecule has 2 aromatic carbocycles. The van der Waals surface area contributed by atoms with Gasteiger partial charge < -0.3 is 10.4 Å². The van der Waals surface area contributed by atoms with Crippen LogP contribution in [0.4, 0.5) is 11.4 Å². The quantitative estimate of drug-likeness (QED) is 0.832. The molecule has 0 bridgehead atoms. The number of sulfonamides is 1. The van der Waals surface area contributed by atoms with Gasteiger partial charge in [-0.25, -0.2) is 13.2 Å². The second-order valence-electron chi connectivity index (χ2n) is 6.12. The maximum absolute atomic E-state index is 12.3. The highest BCUT2D eigenvalue weighted by Gasteiger charge is 2.26. The second-order valence-corrected chi connectivity index (χ2v) is 8.02. The zero-order chi connectivity index (χ0) is 18.9. The van der Waals surface area contributed by atoms with Crippen LogP contribution in [0.25, 0.3) is 0 Å². The van der Waals surface area contributed by atoms with Gasteiger partial charge in [-0.3, -0.25) is 9.10 Å². The molecule has 1 amide bonds. The minimum Gasteiger partial charge on any atom is -0.478 e. The summed E-state index contributed by atoms with van der Waals surface area (Å²) in [5.74, 6) is -1.41. The van der Waals surface area contributed by atoms with E-state index in [1.165, 1.54) is 10.4 Å². The average Bonchev–Trinajstić information content (AvgIpc) is 2.98. The molecule has 8 heteroatoms. The zero-order valence-corrected chi connectivity index (χ0v) is 14.9. The van der Waals surface area contributed by atoms with Gasteiger partial charge in [-0.1, -0.05) is 18.2 Å². The first-order valence-corrected chi connectivity index (χ1v) is 9.82. The SMILES string of the molecule is CS(=O)(=O)N1CCc2cc(NC(=O)Cc3ccccc3C(=O)O)ccc21. The number of nitrogens with one attached hydrogen (secondary N) is 1. The highest BCUT2D eigenvalue weighted by molar-refractivity contribution is 7.92. The van der Waals surface area contributed by atoms with Crippen LogP contribution in [-0.2, 0) is 27.7 Å². The number of carboxylic acids is 1. The lowest BCUT2D eigenvalue weighted by Crippen LogP contribution is -2.27. The van der Waals surface area contributed by atoms with Gasteiger partial charge in [0, 0.05) is 12.2 Å². The topological polar surface area (TPSA) is 104 Å². The van der Waals surface area contributed by atoms with E-state index in [0.717, 1.165) is 11.8 Å². The van der Waals surface area contributed by atoms with Crippen LogP contribution < -0.4 is 9.62 Å². The molecule has 1 heterocycles. The van der Waals surface area contributed by atoms with Gasteiger partial charge in [-0.2, -0.15) is 0 Å². The number of hydrogen-bond donors (Lipinski definition) is 2. The van der Waals surface area contributed by atoms with Crippen molar-refractivity contribution in [1.82, 2.24) is 0 Å². The Labute approximate surface area is 151 Å². The summed E-state index contributed by atoms with van der Waals surface area (Å²) in [4.78, 5) is 23.5. The maximum atomic E-state index is 12.3. The third kappa shape index (κ3) is 3.70. The van der Waals surface area contributed by atoms with Gasteiger partial charge in [0.05, 0.1) is 23.9 Å². The largest absolute Gasteiger partial charge is 0.478 e. The minimum absolute atomic E-state index is 0.0605. The number of nitrogens with zero attached hydrogens (tertiary/aromatic N) is 1. The molecule has 136 valence electrons. The number of benzene rings is 2. The molecule has 0 saturated carbocycles. The lowest BCUT2D eigenvalue weighted by molar-refractivity contribution is -0.115. The van der Waals surface area contributed by atoms with Crippen molar-refractivity contribution in [2.75, 3.05) is 22.4 Å². The molecule has 3 rings (SSSR count). The van der Waals surface area contributed by atoms with Crippen LogP contribution in [0.3, 0.4) is 0 Å². The molecule has 26 heavy (non-hydrogen) atoms. The Balaban J connectivity index is 1.75. The summed E-state index contributed by atoms with van der Waals surface area (Å²) in [6, 6.07) is 11.4. The molecular weight excluding hydrogens is 356 g/mol. The highest BCUT2D eigenvalue weighted by Crippen LogP contribution is 2.32. The summed E-state index contributed by atoms with van der Waals surface area (Å²) >= 11 is 0. The molecule has 0 fully saturated rings. The van der Waals surface area contributed by atoms with E-state index in [1.54, 1.807) is 36.4 Å². The molecule has 0 unspecified atom stereocenters. The number of carbonyl (C=O) groups excluding carboxylic acids is 1. The molecule has 0 aromatic heterocycles. The molecule has 0 aliphatic carbocycles. The molecule has 1 aliphatic heterocycles. The van der Waals surface area contributed by atoms with Gasteiger partial charge in [0.1, 0.15) is 0 Å². The lowest BCUT2D eigenvalue weighted by Gasteiger charge is -2.16. The van der Waals surface area contributed by atoms with Crippen LogP contribution in [0.15, 0.2) is 42.5 Å². The van der Waals surface area contributed by atoms with Crippen LogP contribution in [0.2, 0.25) is 0 Å². The van der Waals surface area contributed by atoms with E-state index in [-0.39, 0.29) is 17.9 Å². The Morgan fingerprint density at radius 1 is 1.19 bits per heavy atom. The summed E-state index contributed by atoms with van der Waals surface area (Å²) in [6.45, 7) is 0.386. The van der Waals surface area contributed by atoms with Crippen molar-refractivity contribution < 1.29 is 23.1 Å². The molecular formula is C18H18N2O5S. The first-order chi connectivity index (χ1) is 12.3. The summed E-state index contributed by atoms with van der Waals surface area (Å²) < 4.78 is 24.9. The van der Waals surface area contributed by atoms with Crippen molar-refractivity contribution >= 4 is 33.3 Å². The molecule has 0 atom stereocenters. The molecule has 0 radical (unpaired) electrons. The molecule has 0 saturated heterocycles. The van der Waals surface area contributed by atoms with Gasteiger partial charge >= 0.3 is 5.97 Å². The van der Waals surface area contributed by atoms with E-state index in [1.807, 2.05) is 0 Å². The fourth-order valence-electron chi connectivity index (χ4n) is 3.05. The van der Waals surface area contributed by atoms with Crippen molar-refractivity contribution in [3.63, 3.8) is 0 Å². The van der Waals surface area contributed by atoms with E-state index >= 15 is 0 Å². The summed E-state index contributed by atoms with van der Waals surface area (Å²) in [6.07, 6.45) is 1.68. The molecule has 2 N–H and O–H groups in total. The second kappa shape index (κ2) is 6.80. The van der Waals surface area contributed by atoms with Crippen molar-refractivity contribution in [1.29, 1.82) is 0 Å². The summed E-state index contributed by atoms with van der Waals surface area (Å²) in [5.41, 5.74) is 2.56. The standard InChI is InChI=1S/C18H18N2O5S/c1-26(24,25)20-9-8-13-10-14(6-7-16(13)20)19-17(21)11-12-4-2-3-5-15(12)18(22)23/h2-7,10H,8-9,11H2,1H3,(H,19,21)(H,22,23). The third-order valence-corrected chi connectivity index (χ3v) is 5.40. The first kappa shape index (κ1) is 17.9. The van der Waals surface area contributed by atoms with Gasteiger partial charge in [0.2, 0.25) is 15.9 Å². The zero-order valence-electron chi connectivity index (χ0n) is 14.1. The van der Waals surface area contributed by atoms with E-state index in [2.05, 4.69) is 5.32 Å². The van der Waals surface area contributed by atoms with Crippen LogP contribution in [0, 0.1) is 0 Å². The number of amides is 1. The predicted octanol–water partition coefficient (Wildman–Crippen LogP) is 1.89. The monoisotopic (exact) mass is 374 g/mol. The van der Waals surface area contributed by atoms with Gasteiger partial charge in [-0.05, 0) is 41.8 Å². The lowest BCUT2D eigenvalue weighted by atomic mass is 10.0. The number of aromatic carboxylic acids is 1. The van der Waals surface area contributed by atoms with E-state index in [9.17, 15) is 23.1 Å². The van der Waals surface area contributed by atoms with Crippen molar-refractivity contribution in [2.45, 2.75) is 12.8 Å². The van der Waals surface area contributed by atoms with Crippen LogP contribution in [0.1, 0.15) is 21.5 Å². The highest BCUT2D eigenvalue weighted by atomic mass is 32.2. The van der Waals surface area contributed by atoms with Crippen LogP contribution in [0.5, 0.6) is 0 Å². The Morgan fingerprint density at radius 3 is 2.62 bits per heavy atom. The number of hydrogen-bond acceptors (Lipinski definition) is 4. The molecule has 1 aliphatic rings. The maximum Gasteiger partial charge on any atom is 0.335 e. The van der Waals surface area contributed by atoms with Crippen LogP contribution >= 0.6 is 0 Å². The predicted molar refractivity (Wildman–Crippen MR) is 98.1 cm³/mol. The number of fused-ring (bicyclic) bond motifs is 1. The normalized spacial score (nSPS) is 13.3. The Kier molecular flexibility index (Phi) is 4.69. The smallest absolute Gasteiger partial charge is 0.335 e. The fraction of sp³-hybridized carbons (Fsp3) is 0.222. The third-order valence-electron chi connectivity index (χ3n) is 4.22. The molecule has 0 spiro atoms.